The Labute approximate surface area is 111 Å². The number of hydrogen-bond donors (Lipinski definition) is 13. The summed E-state index contributed by atoms with van der Waals surface area (Å²) < 4.78 is 0. The van der Waals surface area contributed by atoms with Gasteiger partial charge in [-0.2, -0.15) is 0 Å². The largest absolute Gasteiger partial charge is 0.383 e. The van der Waals surface area contributed by atoms with Crippen LogP contribution in [0.1, 0.15) is 0 Å². The lowest BCUT2D eigenvalue weighted by Crippen LogP contribution is -2.22. The van der Waals surface area contributed by atoms with E-state index in [2.05, 4.69) is 0 Å². The van der Waals surface area contributed by atoms with Gasteiger partial charge in [0.1, 0.15) is 34.9 Å². The molecule has 13 heteroatoms. The standard InChI is InChI=1S/3C2H8N4.H3N/c3*3-1(4)2(5)6;/h3*3-6H2;1H3. The lowest BCUT2D eigenvalue weighted by molar-refractivity contribution is 1.09. The summed E-state index contributed by atoms with van der Waals surface area (Å²) in [4.78, 5) is 0. The van der Waals surface area contributed by atoms with Crippen LogP contribution in [0, 0.1) is 0 Å². The van der Waals surface area contributed by atoms with Crippen LogP contribution in [0.2, 0.25) is 0 Å². The predicted octanol–water partition coefficient (Wildman–Crippen LogP) is -5.99. The van der Waals surface area contributed by atoms with Crippen molar-refractivity contribution in [3.8, 4) is 0 Å². The van der Waals surface area contributed by atoms with Crippen molar-refractivity contribution in [1.29, 1.82) is 0 Å². The molecule has 0 saturated heterocycles. The Kier molecular flexibility index (Phi) is 16.8. The van der Waals surface area contributed by atoms with Crippen LogP contribution in [0.15, 0.2) is 34.9 Å². The zero-order chi connectivity index (χ0) is 15.5. The molecule has 0 rings (SSSR count). The molecule has 0 aromatic rings. The van der Waals surface area contributed by atoms with Crippen LogP contribution in [-0.4, -0.2) is 0 Å². The molecular formula is C6H27N13. The second-order valence-corrected chi connectivity index (χ2v) is 2.73. The zero-order valence-corrected chi connectivity index (χ0v) is 10.6. The second-order valence-electron chi connectivity index (χ2n) is 2.73. The fraction of sp³-hybridized carbons (Fsp3) is 0. The zero-order valence-electron chi connectivity index (χ0n) is 10.6. The molecule has 0 fully saturated rings. The van der Waals surface area contributed by atoms with Gasteiger partial charge in [0.25, 0.3) is 0 Å². The van der Waals surface area contributed by atoms with Crippen LogP contribution in [0.25, 0.3) is 0 Å². The maximum absolute atomic E-state index is 4.84. The van der Waals surface area contributed by atoms with Crippen molar-refractivity contribution < 1.29 is 0 Å². The molecule has 0 aromatic carbocycles. The van der Waals surface area contributed by atoms with Crippen molar-refractivity contribution in [3.63, 3.8) is 0 Å². The summed E-state index contributed by atoms with van der Waals surface area (Å²) >= 11 is 0. The Morgan fingerprint density at radius 2 is 0.316 bits per heavy atom. The minimum Gasteiger partial charge on any atom is -0.383 e. The van der Waals surface area contributed by atoms with Crippen LogP contribution in [0.4, 0.5) is 0 Å². The highest BCUT2D eigenvalue weighted by Gasteiger charge is 1.78. The summed E-state index contributed by atoms with van der Waals surface area (Å²) in [6.45, 7) is 0. The Morgan fingerprint density at radius 1 is 0.263 bits per heavy atom. The van der Waals surface area contributed by atoms with Gasteiger partial charge in [-0.05, 0) is 0 Å². The first-order valence-corrected chi connectivity index (χ1v) is 4.21. The third-order valence-corrected chi connectivity index (χ3v) is 1.00. The van der Waals surface area contributed by atoms with E-state index in [1.54, 1.807) is 0 Å². The fourth-order valence-corrected chi connectivity index (χ4v) is 0. The van der Waals surface area contributed by atoms with Crippen molar-refractivity contribution in [2.24, 2.45) is 68.8 Å². The van der Waals surface area contributed by atoms with Crippen LogP contribution >= 0.6 is 0 Å². The molecule has 0 aliphatic heterocycles. The van der Waals surface area contributed by atoms with Crippen LogP contribution in [-0.2, 0) is 0 Å². The SMILES string of the molecule is N.NC(N)=C(N)N.NC(N)=C(N)N.NC(N)=C(N)N. The summed E-state index contributed by atoms with van der Waals surface area (Å²) in [5, 5.41) is 0. The van der Waals surface area contributed by atoms with E-state index in [-0.39, 0.29) is 41.1 Å². The number of hydrogen-bond acceptors (Lipinski definition) is 13. The van der Waals surface area contributed by atoms with Gasteiger partial charge in [0.05, 0.1) is 0 Å². The third-order valence-electron chi connectivity index (χ3n) is 1.00. The molecule has 116 valence electrons. The minimum absolute atomic E-state index is 0. The molecule has 19 heavy (non-hydrogen) atoms. The average molecular weight is 281 g/mol. The van der Waals surface area contributed by atoms with E-state index in [1.807, 2.05) is 0 Å². The van der Waals surface area contributed by atoms with Gasteiger partial charge in [0.15, 0.2) is 0 Å². The molecule has 27 N–H and O–H groups in total. The third kappa shape index (κ3) is 31.3. The van der Waals surface area contributed by atoms with Gasteiger partial charge >= 0.3 is 0 Å². The first-order chi connectivity index (χ1) is 7.93. The van der Waals surface area contributed by atoms with Crippen LogP contribution < -0.4 is 75.0 Å². The molecule has 0 amide bonds. The van der Waals surface area contributed by atoms with Gasteiger partial charge in [-0.15, -0.1) is 0 Å². The summed E-state index contributed by atoms with van der Waals surface area (Å²) in [6, 6.07) is 0. The van der Waals surface area contributed by atoms with Crippen molar-refractivity contribution in [2.45, 2.75) is 0 Å². The molecule has 0 aromatic heterocycles. The Bertz CT molecular complexity index is 220. The van der Waals surface area contributed by atoms with Crippen LogP contribution in [0.3, 0.4) is 0 Å². The molecule has 0 unspecified atom stereocenters. The Balaban J connectivity index is -0.0000000865. The van der Waals surface area contributed by atoms with E-state index >= 15 is 0 Å². The molecule has 0 bridgehead atoms. The highest BCUT2D eigenvalue weighted by atomic mass is 14.9. The molecule has 0 spiro atoms. The van der Waals surface area contributed by atoms with Crippen molar-refractivity contribution in [2.75, 3.05) is 0 Å². The summed E-state index contributed by atoms with van der Waals surface area (Å²) in [5.74, 6) is -0.111. The van der Waals surface area contributed by atoms with E-state index < -0.39 is 0 Å². The van der Waals surface area contributed by atoms with E-state index in [0.717, 1.165) is 0 Å². The molecule has 0 radical (unpaired) electrons. The Hall–Kier alpha value is -3.22. The first-order valence-electron chi connectivity index (χ1n) is 4.21. The summed E-state index contributed by atoms with van der Waals surface area (Å²) in [5.41, 5.74) is 58.1. The van der Waals surface area contributed by atoms with Crippen molar-refractivity contribution in [3.05, 3.63) is 34.9 Å². The maximum Gasteiger partial charge on any atom is 0.134 e. The number of rotatable bonds is 0. The lowest BCUT2D eigenvalue weighted by atomic mass is 10.7. The molecule has 0 aliphatic rings. The maximum atomic E-state index is 4.84. The Morgan fingerprint density at radius 3 is 0.316 bits per heavy atom. The van der Waals surface area contributed by atoms with Gasteiger partial charge in [-0.1, -0.05) is 0 Å². The van der Waals surface area contributed by atoms with Gasteiger partial charge in [0, 0.05) is 0 Å². The lowest BCUT2D eigenvalue weighted by Gasteiger charge is -1.89. The van der Waals surface area contributed by atoms with Gasteiger partial charge < -0.3 is 75.0 Å². The monoisotopic (exact) mass is 281 g/mol. The molecule has 0 aliphatic carbocycles. The second kappa shape index (κ2) is 12.8. The quantitative estimate of drug-likeness (QED) is 0.196. The number of nitrogens with two attached hydrogens (primary N) is 12. The first kappa shape index (κ1) is 24.8. The van der Waals surface area contributed by atoms with Crippen LogP contribution in [0.5, 0.6) is 0 Å². The predicted molar refractivity (Wildman–Crippen MR) is 76.3 cm³/mol. The van der Waals surface area contributed by atoms with Gasteiger partial charge in [-0.25, -0.2) is 0 Å². The van der Waals surface area contributed by atoms with Gasteiger partial charge in [-0.3, -0.25) is 0 Å². The van der Waals surface area contributed by atoms with Gasteiger partial charge in [0.2, 0.25) is 0 Å². The molecular weight excluding hydrogens is 254 g/mol. The fourth-order valence-electron chi connectivity index (χ4n) is 0. The summed E-state index contributed by atoms with van der Waals surface area (Å²) in [7, 11) is 0. The highest BCUT2D eigenvalue weighted by molar-refractivity contribution is 4.97. The highest BCUT2D eigenvalue weighted by Crippen LogP contribution is 1.63. The smallest absolute Gasteiger partial charge is 0.134 e. The normalized spacial score (nSPS) is 6.95. The average Bonchev–Trinajstić information content (AvgIpc) is 2.18. The van der Waals surface area contributed by atoms with E-state index in [0.29, 0.717) is 0 Å². The molecule has 0 heterocycles. The van der Waals surface area contributed by atoms with Crippen molar-refractivity contribution in [1.82, 2.24) is 6.15 Å². The molecule has 0 saturated carbocycles. The van der Waals surface area contributed by atoms with E-state index in [1.165, 1.54) is 0 Å². The molecule has 0 atom stereocenters. The van der Waals surface area contributed by atoms with E-state index in [4.69, 9.17) is 68.8 Å². The topological polar surface area (TPSA) is 347 Å². The summed E-state index contributed by atoms with van der Waals surface area (Å²) in [6.07, 6.45) is 0. The van der Waals surface area contributed by atoms with Crippen molar-refractivity contribution >= 4 is 0 Å². The minimum atomic E-state index is -0.0185. The molecule has 13 nitrogen and oxygen atoms in total. The van der Waals surface area contributed by atoms with E-state index in [9.17, 15) is 0 Å².